The summed E-state index contributed by atoms with van der Waals surface area (Å²) in [5, 5.41) is 5.62. The highest BCUT2D eigenvalue weighted by molar-refractivity contribution is 6.16. The van der Waals surface area contributed by atoms with Gasteiger partial charge < -0.3 is 10.6 Å². The van der Waals surface area contributed by atoms with Crippen molar-refractivity contribution in [2.75, 3.05) is 10.6 Å². The number of rotatable bonds is 6. The fourth-order valence-electron chi connectivity index (χ4n) is 2.96. The first-order valence-electron chi connectivity index (χ1n) is 9.78. The first-order chi connectivity index (χ1) is 14.4. The molecule has 0 saturated heterocycles. The van der Waals surface area contributed by atoms with Crippen LogP contribution in [0.3, 0.4) is 0 Å². The Morgan fingerprint density at radius 1 is 0.733 bits per heavy atom. The van der Waals surface area contributed by atoms with Crippen LogP contribution in [0.25, 0.3) is 0 Å². The van der Waals surface area contributed by atoms with Gasteiger partial charge in [0.2, 0.25) is 5.91 Å². The van der Waals surface area contributed by atoms with Gasteiger partial charge in [-0.2, -0.15) is 0 Å². The van der Waals surface area contributed by atoms with E-state index in [1.54, 1.807) is 74.5 Å². The van der Waals surface area contributed by atoms with E-state index in [2.05, 4.69) is 10.6 Å². The Bertz CT molecular complexity index is 1090. The maximum atomic E-state index is 13.0. The minimum atomic E-state index is -0.402. The largest absolute Gasteiger partial charge is 0.325 e. The van der Waals surface area contributed by atoms with Crippen LogP contribution in [0.1, 0.15) is 45.7 Å². The molecule has 0 heterocycles. The molecule has 0 aliphatic heterocycles. The van der Waals surface area contributed by atoms with Gasteiger partial charge in [0.05, 0.1) is 16.9 Å². The number of para-hydroxylation sites is 1. The average Bonchev–Trinajstić information content (AvgIpc) is 2.75. The number of hydrogen-bond acceptors (Lipinski definition) is 3. The van der Waals surface area contributed by atoms with E-state index in [0.29, 0.717) is 28.1 Å². The molecule has 3 aromatic rings. The average molecular weight is 400 g/mol. The molecule has 5 heteroatoms. The van der Waals surface area contributed by atoms with Crippen LogP contribution in [0.2, 0.25) is 0 Å². The van der Waals surface area contributed by atoms with E-state index in [4.69, 9.17) is 0 Å². The van der Waals surface area contributed by atoms with Crippen LogP contribution in [0.5, 0.6) is 0 Å². The minimum Gasteiger partial charge on any atom is -0.325 e. The Kier molecular flexibility index (Phi) is 6.42. The molecule has 152 valence electrons. The molecule has 0 saturated carbocycles. The fourth-order valence-corrected chi connectivity index (χ4v) is 2.96. The lowest BCUT2D eigenvalue weighted by molar-refractivity contribution is -0.118. The summed E-state index contributed by atoms with van der Waals surface area (Å²) in [6.07, 6.45) is 0. The highest BCUT2D eigenvalue weighted by Gasteiger charge is 2.19. The number of amides is 2. The molecule has 0 atom stereocenters. The Morgan fingerprint density at radius 2 is 1.37 bits per heavy atom. The molecule has 2 N–H and O–H groups in total. The van der Waals surface area contributed by atoms with Crippen molar-refractivity contribution >= 4 is 29.0 Å². The zero-order chi connectivity index (χ0) is 21.7. The highest BCUT2D eigenvalue weighted by Crippen LogP contribution is 2.24. The molecule has 0 unspecified atom stereocenters. The van der Waals surface area contributed by atoms with Gasteiger partial charge in [-0.3, -0.25) is 14.4 Å². The second kappa shape index (κ2) is 9.18. The molecule has 0 spiro atoms. The van der Waals surface area contributed by atoms with Crippen LogP contribution in [0.4, 0.5) is 11.4 Å². The van der Waals surface area contributed by atoms with Crippen molar-refractivity contribution in [1.82, 2.24) is 0 Å². The summed E-state index contributed by atoms with van der Waals surface area (Å²) in [5.41, 5.74) is 3.05. The molecule has 30 heavy (non-hydrogen) atoms. The van der Waals surface area contributed by atoms with Crippen molar-refractivity contribution in [1.29, 1.82) is 0 Å². The van der Waals surface area contributed by atoms with Gasteiger partial charge in [0.1, 0.15) is 0 Å². The number of nitrogens with one attached hydrogen (secondary N) is 2. The van der Waals surface area contributed by atoms with Crippen molar-refractivity contribution in [2.45, 2.75) is 20.8 Å². The molecular weight excluding hydrogens is 376 g/mol. The van der Waals surface area contributed by atoms with Gasteiger partial charge in [0.15, 0.2) is 5.78 Å². The SMILES string of the molecule is Cc1ccc(NC(=O)c2ccccc2NC(=O)C(C)C)c(C(=O)c2ccccc2)c1. The Morgan fingerprint density at radius 3 is 2.07 bits per heavy atom. The van der Waals surface area contributed by atoms with Gasteiger partial charge in [-0.1, -0.05) is 67.9 Å². The lowest BCUT2D eigenvalue weighted by atomic mass is 9.99. The molecule has 0 aliphatic rings. The number of anilines is 2. The van der Waals surface area contributed by atoms with Gasteiger partial charge in [-0.25, -0.2) is 0 Å². The van der Waals surface area contributed by atoms with E-state index in [0.717, 1.165) is 5.56 Å². The molecule has 0 aromatic heterocycles. The normalized spacial score (nSPS) is 10.5. The molecule has 5 nitrogen and oxygen atoms in total. The standard InChI is InChI=1S/C25H24N2O3/c1-16(2)24(29)26-21-12-8-7-11-19(21)25(30)27-22-14-13-17(3)15-20(22)23(28)18-9-5-4-6-10-18/h4-16H,1-3H3,(H,26,29)(H,27,30). The molecule has 3 rings (SSSR count). The molecule has 0 aliphatic carbocycles. The predicted octanol–water partition coefficient (Wildman–Crippen LogP) is 5.07. The fraction of sp³-hybridized carbons (Fsp3) is 0.160. The minimum absolute atomic E-state index is 0.170. The van der Waals surface area contributed by atoms with E-state index >= 15 is 0 Å². The number of aryl methyl sites for hydroxylation is 1. The molecule has 0 fully saturated rings. The lowest BCUT2D eigenvalue weighted by Gasteiger charge is -2.15. The first-order valence-corrected chi connectivity index (χ1v) is 9.78. The zero-order valence-electron chi connectivity index (χ0n) is 17.2. The smallest absolute Gasteiger partial charge is 0.257 e. The third-order valence-corrected chi connectivity index (χ3v) is 4.66. The molecule has 0 bridgehead atoms. The molecule has 2 amide bonds. The third-order valence-electron chi connectivity index (χ3n) is 4.66. The van der Waals surface area contributed by atoms with Crippen LogP contribution in [0, 0.1) is 12.8 Å². The van der Waals surface area contributed by atoms with Gasteiger partial charge in [0, 0.05) is 17.0 Å². The number of carbonyl (C=O) groups excluding carboxylic acids is 3. The van der Waals surface area contributed by atoms with E-state index in [9.17, 15) is 14.4 Å². The Hall–Kier alpha value is -3.73. The number of carbonyl (C=O) groups is 3. The second-order valence-electron chi connectivity index (χ2n) is 7.39. The molecule has 0 radical (unpaired) electrons. The summed E-state index contributed by atoms with van der Waals surface area (Å²) in [5.74, 6) is -0.963. The van der Waals surface area contributed by atoms with E-state index in [-0.39, 0.29) is 17.6 Å². The maximum Gasteiger partial charge on any atom is 0.257 e. The zero-order valence-corrected chi connectivity index (χ0v) is 17.2. The number of hydrogen-bond donors (Lipinski definition) is 2. The molecular formula is C25H24N2O3. The summed E-state index contributed by atoms with van der Waals surface area (Å²) in [7, 11) is 0. The van der Waals surface area contributed by atoms with Crippen molar-refractivity contribution in [3.63, 3.8) is 0 Å². The van der Waals surface area contributed by atoms with Crippen molar-refractivity contribution < 1.29 is 14.4 Å². The summed E-state index contributed by atoms with van der Waals surface area (Å²) in [6, 6.07) is 21.1. The highest BCUT2D eigenvalue weighted by atomic mass is 16.2. The van der Waals surface area contributed by atoms with E-state index in [1.807, 2.05) is 19.1 Å². The maximum absolute atomic E-state index is 13.0. The summed E-state index contributed by atoms with van der Waals surface area (Å²) in [4.78, 5) is 38.1. The van der Waals surface area contributed by atoms with Crippen LogP contribution >= 0.6 is 0 Å². The number of benzene rings is 3. The second-order valence-corrected chi connectivity index (χ2v) is 7.39. The van der Waals surface area contributed by atoms with Crippen LogP contribution < -0.4 is 10.6 Å². The summed E-state index contributed by atoms with van der Waals surface area (Å²) >= 11 is 0. The first kappa shape index (κ1) is 21.0. The monoisotopic (exact) mass is 400 g/mol. The van der Waals surface area contributed by atoms with Gasteiger partial charge in [-0.05, 0) is 31.2 Å². The quantitative estimate of drug-likeness (QED) is 0.567. The number of ketones is 1. The van der Waals surface area contributed by atoms with Crippen molar-refractivity contribution in [2.24, 2.45) is 5.92 Å². The third kappa shape index (κ3) is 4.81. The Labute approximate surface area is 176 Å². The summed E-state index contributed by atoms with van der Waals surface area (Å²) in [6.45, 7) is 5.46. The summed E-state index contributed by atoms with van der Waals surface area (Å²) < 4.78 is 0. The van der Waals surface area contributed by atoms with Crippen LogP contribution in [0.15, 0.2) is 72.8 Å². The predicted molar refractivity (Wildman–Crippen MR) is 119 cm³/mol. The van der Waals surface area contributed by atoms with Gasteiger partial charge >= 0.3 is 0 Å². The topological polar surface area (TPSA) is 75.3 Å². The lowest BCUT2D eigenvalue weighted by Crippen LogP contribution is -2.22. The Balaban J connectivity index is 1.92. The van der Waals surface area contributed by atoms with Gasteiger partial charge in [-0.15, -0.1) is 0 Å². The van der Waals surface area contributed by atoms with Crippen LogP contribution in [-0.2, 0) is 4.79 Å². The molecule has 3 aromatic carbocycles. The van der Waals surface area contributed by atoms with Crippen molar-refractivity contribution in [3.8, 4) is 0 Å². The van der Waals surface area contributed by atoms with E-state index in [1.165, 1.54) is 0 Å². The van der Waals surface area contributed by atoms with Crippen molar-refractivity contribution in [3.05, 3.63) is 95.1 Å². The van der Waals surface area contributed by atoms with E-state index < -0.39 is 5.91 Å². The van der Waals surface area contributed by atoms with Crippen LogP contribution in [-0.4, -0.2) is 17.6 Å². The van der Waals surface area contributed by atoms with Gasteiger partial charge in [0.25, 0.3) is 5.91 Å².